The van der Waals surface area contributed by atoms with Crippen LogP contribution in [0.1, 0.15) is 31.4 Å². The molecule has 2 unspecified atom stereocenters. The number of carbonyl (C=O) groups excluding carboxylic acids is 1. The number of nitrogens with zero attached hydrogens (tertiary/aromatic N) is 1. The van der Waals surface area contributed by atoms with Gasteiger partial charge in [0.2, 0.25) is 0 Å². The first-order chi connectivity index (χ1) is 9.19. The number of pyridine rings is 1. The molecule has 1 fully saturated rings. The normalized spacial score (nSPS) is 22.8. The van der Waals surface area contributed by atoms with E-state index in [1.165, 1.54) is 0 Å². The molecule has 0 spiro atoms. The summed E-state index contributed by atoms with van der Waals surface area (Å²) in [5.74, 6) is 0.179. The maximum Gasteiger partial charge on any atom is 0.319 e. The third kappa shape index (κ3) is 3.92. The molecular formula is C14H21N3O2. The van der Waals surface area contributed by atoms with Crippen LogP contribution in [-0.2, 0) is 0 Å². The Labute approximate surface area is 113 Å². The molecule has 5 nitrogen and oxygen atoms in total. The zero-order valence-electron chi connectivity index (χ0n) is 11.2. The molecule has 5 heteroatoms. The van der Waals surface area contributed by atoms with Gasteiger partial charge in [0.05, 0.1) is 0 Å². The van der Waals surface area contributed by atoms with Crippen molar-refractivity contribution in [2.24, 2.45) is 5.92 Å². The average molecular weight is 263 g/mol. The molecule has 19 heavy (non-hydrogen) atoms. The Morgan fingerprint density at radius 2 is 2.26 bits per heavy atom. The van der Waals surface area contributed by atoms with E-state index in [4.69, 9.17) is 0 Å². The molecule has 104 valence electrons. The van der Waals surface area contributed by atoms with Gasteiger partial charge in [0, 0.05) is 36.1 Å². The largest absolute Gasteiger partial charge is 0.396 e. The van der Waals surface area contributed by atoms with Crippen LogP contribution in [0.15, 0.2) is 18.3 Å². The second kappa shape index (κ2) is 6.52. The van der Waals surface area contributed by atoms with Crippen LogP contribution in [0.4, 0.5) is 10.5 Å². The number of urea groups is 1. The van der Waals surface area contributed by atoms with Crippen LogP contribution >= 0.6 is 0 Å². The number of carbonyl (C=O) groups is 1. The molecule has 0 bridgehead atoms. The van der Waals surface area contributed by atoms with E-state index in [1.54, 1.807) is 12.3 Å². The van der Waals surface area contributed by atoms with E-state index in [-0.39, 0.29) is 24.6 Å². The average Bonchev–Trinajstić information content (AvgIpc) is 2.39. The standard InChI is InChI=1S/C14H21N3O2/c1-10-8-12(6-7-15-10)16-14(19)17-13-5-3-2-4-11(13)9-18/h6-8,11,13,18H,2-5,9H2,1H3,(H2,15,16,17,19). The maximum atomic E-state index is 11.9. The van der Waals surface area contributed by atoms with E-state index in [1.807, 2.05) is 13.0 Å². The Kier molecular flexibility index (Phi) is 4.74. The highest BCUT2D eigenvalue weighted by Crippen LogP contribution is 2.24. The molecule has 0 saturated heterocycles. The van der Waals surface area contributed by atoms with Crippen LogP contribution in [0.25, 0.3) is 0 Å². The van der Waals surface area contributed by atoms with E-state index in [0.29, 0.717) is 0 Å². The van der Waals surface area contributed by atoms with E-state index in [9.17, 15) is 9.90 Å². The number of amides is 2. The van der Waals surface area contributed by atoms with Gasteiger partial charge in [0.15, 0.2) is 0 Å². The molecule has 2 atom stereocenters. The highest BCUT2D eigenvalue weighted by atomic mass is 16.3. The summed E-state index contributed by atoms with van der Waals surface area (Å²) in [4.78, 5) is 16.0. The van der Waals surface area contributed by atoms with Gasteiger partial charge in [-0.2, -0.15) is 0 Å². The Morgan fingerprint density at radius 1 is 1.47 bits per heavy atom. The van der Waals surface area contributed by atoms with Gasteiger partial charge >= 0.3 is 6.03 Å². The van der Waals surface area contributed by atoms with Gasteiger partial charge < -0.3 is 15.7 Å². The van der Waals surface area contributed by atoms with Crippen LogP contribution in [-0.4, -0.2) is 28.8 Å². The number of nitrogens with one attached hydrogen (secondary N) is 2. The summed E-state index contributed by atoms with van der Waals surface area (Å²) in [6.45, 7) is 2.02. The van der Waals surface area contributed by atoms with Gasteiger partial charge in [0.1, 0.15) is 0 Å². The lowest BCUT2D eigenvalue weighted by molar-refractivity contribution is 0.156. The number of aryl methyl sites for hydroxylation is 1. The highest BCUT2D eigenvalue weighted by Gasteiger charge is 2.25. The fourth-order valence-electron chi connectivity index (χ4n) is 2.58. The second-order valence-corrected chi connectivity index (χ2v) is 5.12. The van der Waals surface area contributed by atoms with E-state index >= 15 is 0 Å². The lowest BCUT2D eigenvalue weighted by Crippen LogP contribution is -2.45. The number of aliphatic hydroxyl groups is 1. The van der Waals surface area contributed by atoms with Crippen LogP contribution in [0.2, 0.25) is 0 Å². The molecule has 2 rings (SSSR count). The van der Waals surface area contributed by atoms with Crippen molar-refractivity contribution in [1.29, 1.82) is 0 Å². The van der Waals surface area contributed by atoms with Crippen molar-refractivity contribution < 1.29 is 9.90 Å². The molecule has 1 aliphatic carbocycles. The van der Waals surface area contributed by atoms with E-state index in [0.717, 1.165) is 37.1 Å². The Morgan fingerprint density at radius 3 is 3.00 bits per heavy atom. The van der Waals surface area contributed by atoms with Crippen molar-refractivity contribution >= 4 is 11.7 Å². The quantitative estimate of drug-likeness (QED) is 0.781. The molecule has 1 heterocycles. The molecule has 1 aromatic heterocycles. The summed E-state index contributed by atoms with van der Waals surface area (Å²) in [5.41, 5.74) is 1.60. The van der Waals surface area contributed by atoms with Gasteiger partial charge in [-0.25, -0.2) is 4.79 Å². The molecule has 1 aliphatic rings. The van der Waals surface area contributed by atoms with Crippen LogP contribution < -0.4 is 10.6 Å². The summed E-state index contributed by atoms with van der Waals surface area (Å²) in [5, 5.41) is 15.1. The van der Waals surface area contributed by atoms with Crippen LogP contribution in [0.5, 0.6) is 0 Å². The predicted molar refractivity (Wildman–Crippen MR) is 74.0 cm³/mol. The summed E-state index contributed by atoms with van der Waals surface area (Å²) in [6.07, 6.45) is 5.83. The van der Waals surface area contributed by atoms with Crippen molar-refractivity contribution in [2.45, 2.75) is 38.6 Å². The topological polar surface area (TPSA) is 74.2 Å². The van der Waals surface area contributed by atoms with Gasteiger partial charge in [0.25, 0.3) is 0 Å². The minimum Gasteiger partial charge on any atom is -0.396 e. The number of anilines is 1. The minimum atomic E-state index is -0.212. The first kappa shape index (κ1) is 13.8. The SMILES string of the molecule is Cc1cc(NC(=O)NC2CCCCC2CO)ccn1. The molecule has 3 N–H and O–H groups in total. The minimum absolute atomic E-state index is 0.0710. The lowest BCUT2D eigenvalue weighted by Gasteiger charge is -2.30. The van der Waals surface area contributed by atoms with Crippen LogP contribution in [0.3, 0.4) is 0 Å². The molecule has 1 saturated carbocycles. The van der Waals surface area contributed by atoms with Gasteiger partial charge in [-0.3, -0.25) is 4.98 Å². The van der Waals surface area contributed by atoms with Crippen molar-refractivity contribution in [3.8, 4) is 0 Å². The highest BCUT2D eigenvalue weighted by molar-refractivity contribution is 5.89. The van der Waals surface area contributed by atoms with Gasteiger partial charge in [-0.15, -0.1) is 0 Å². The van der Waals surface area contributed by atoms with Gasteiger partial charge in [-0.1, -0.05) is 12.8 Å². The number of aliphatic hydroxyl groups excluding tert-OH is 1. The Hall–Kier alpha value is -1.62. The van der Waals surface area contributed by atoms with Crippen molar-refractivity contribution in [2.75, 3.05) is 11.9 Å². The monoisotopic (exact) mass is 263 g/mol. The summed E-state index contributed by atoms with van der Waals surface area (Å²) in [6, 6.07) is 3.44. The smallest absolute Gasteiger partial charge is 0.319 e. The fraction of sp³-hybridized carbons (Fsp3) is 0.571. The van der Waals surface area contributed by atoms with Crippen molar-refractivity contribution in [1.82, 2.24) is 10.3 Å². The number of hydrogen-bond donors (Lipinski definition) is 3. The Bertz CT molecular complexity index is 436. The zero-order chi connectivity index (χ0) is 13.7. The first-order valence-electron chi connectivity index (χ1n) is 6.80. The van der Waals surface area contributed by atoms with Crippen molar-refractivity contribution in [3.05, 3.63) is 24.0 Å². The summed E-state index contributed by atoms with van der Waals surface area (Å²) >= 11 is 0. The zero-order valence-corrected chi connectivity index (χ0v) is 11.2. The summed E-state index contributed by atoms with van der Waals surface area (Å²) < 4.78 is 0. The molecule has 1 aromatic rings. The third-order valence-electron chi connectivity index (χ3n) is 3.61. The fourth-order valence-corrected chi connectivity index (χ4v) is 2.58. The van der Waals surface area contributed by atoms with Crippen molar-refractivity contribution in [3.63, 3.8) is 0 Å². The first-order valence-corrected chi connectivity index (χ1v) is 6.80. The summed E-state index contributed by atoms with van der Waals surface area (Å²) in [7, 11) is 0. The molecule has 2 amide bonds. The number of aromatic nitrogens is 1. The predicted octanol–water partition coefficient (Wildman–Crippen LogP) is 2.06. The third-order valence-corrected chi connectivity index (χ3v) is 3.61. The number of rotatable bonds is 3. The Balaban J connectivity index is 1.90. The van der Waals surface area contributed by atoms with E-state index in [2.05, 4.69) is 15.6 Å². The van der Waals surface area contributed by atoms with E-state index < -0.39 is 0 Å². The lowest BCUT2D eigenvalue weighted by atomic mass is 9.85. The molecule has 0 radical (unpaired) electrons. The number of hydrogen-bond acceptors (Lipinski definition) is 3. The molecule has 0 aliphatic heterocycles. The molecular weight excluding hydrogens is 242 g/mol. The second-order valence-electron chi connectivity index (χ2n) is 5.12. The molecule has 0 aromatic carbocycles. The maximum absolute atomic E-state index is 11.9. The van der Waals surface area contributed by atoms with Crippen LogP contribution in [0, 0.1) is 12.8 Å². The van der Waals surface area contributed by atoms with Gasteiger partial charge in [-0.05, 0) is 31.9 Å².